The van der Waals surface area contributed by atoms with E-state index in [-0.39, 0.29) is 29.5 Å². The molecule has 0 radical (unpaired) electrons. The second kappa shape index (κ2) is 10.5. The smallest absolute Gasteiger partial charge is 0.225 e. The molecule has 35 heavy (non-hydrogen) atoms. The Morgan fingerprint density at radius 2 is 1.80 bits per heavy atom. The molecule has 6 nitrogen and oxygen atoms in total. The number of ether oxygens (including phenoxy) is 1. The van der Waals surface area contributed by atoms with Crippen molar-refractivity contribution in [2.45, 2.75) is 50.4 Å². The Balaban J connectivity index is 1.26. The van der Waals surface area contributed by atoms with E-state index in [0.29, 0.717) is 31.6 Å². The minimum atomic E-state index is -1.04. The van der Waals surface area contributed by atoms with E-state index in [9.17, 15) is 18.7 Å². The van der Waals surface area contributed by atoms with Gasteiger partial charge in [-0.2, -0.15) is 0 Å². The fourth-order valence-electron chi connectivity index (χ4n) is 5.02. The van der Waals surface area contributed by atoms with E-state index in [4.69, 9.17) is 4.74 Å². The van der Waals surface area contributed by atoms with Crippen molar-refractivity contribution in [1.82, 2.24) is 10.2 Å². The van der Waals surface area contributed by atoms with Crippen LogP contribution in [0.5, 0.6) is 5.75 Å². The molecule has 0 spiro atoms. The normalized spacial score (nSPS) is 22.3. The summed E-state index contributed by atoms with van der Waals surface area (Å²) in [4.78, 5) is 17.5. The largest absolute Gasteiger partial charge is 0.487 e. The van der Waals surface area contributed by atoms with E-state index in [1.54, 1.807) is 24.3 Å². The highest BCUT2D eigenvalue weighted by Crippen LogP contribution is 2.31. The highest BCUT2D eigenvalue weighted by molar-refractivity contribution is 5.80. The number of aliphatic hydroxyl groups is 1. The molecule has 2 heterocycles. The molecular weight excluding hydrogens is 452 g/mol. The van der Waals surface area contributed by atoms with E-state index in [0.717, 1.165) is 44.5 Å². The maximum atomic E-state index is 14.6. The molecule has 1 unspecified atom stereocenters. The molecule has 0 bridgehead atoms. The number of carbonyl (C=O) groups is 1. The second-order valence-corrected chi connectivity index (χ2v) is 9.98. The fraction of sp³-hybridized carbons (Fsp3) is 0.519. The highest BCUT2D eigenvalue weighted by atomic mass is 19.1. The van der Waals surface area contributed by atoms with Crippen LogP contribution in [0.3, 0.4) is 0 Å². The van der Waals surface area contributed by atoms with Crippen LogP contribution in [0, 0.1) is 17.6 Å². The first-order valence-electron chi connectivity index (χ1n) is 12.6. The van der Waals surface area contributed by atoms with Crippen molar-refractivity contribution in [3.8, 4) is 5.75 Å². The van der Waals surface area contributed by atoms with Crippen LogP contribution in [0.1, 0.15) is 43.8 Å². The number of nitrogens with zero attached hydrogens (tertiary/aromatic N) is 2. The summed E-state index contributed by atoms with van der Waals surface area (Å²) in [6.07, 6.45) is 3.78. The zero-order chi connectivity index (χ0) is 24.4. The fourth-order valence-corrected chi connectivity index (χ4v) is 5.02. The number of rotatable bonds is 9. The number of amides is 1. The van der Waals surface area contributed by atoms with Gasteiger partial charge in [-0.05, 0) is 87.2 Å². The maximum Gasteiger partial charge on any atom is 0.225 e. The molecule has 0 aromatic heterocycles. The van der Waals surface area contributed by atoms with Gasteiger partial charge in [-0.15, -0.1) is 0 Å². The lowest BCUT2D eigenvalue weighted by molar-refractivity contribution is -0.126. The predicted octanol–water partition coefficient (Wildman–Crippen LogP) is 3.65. The van der Waals surface area contributed by atoms with E-state index in [2.05, 4.69) is 15.1 Å². The van der Waals surface area contributed by atoms with Gasteiger partial charge in [0, 0.05) is 25.3 Å². The van der Waals surface area contributed by atoms with Gasteiger partial charge in [0.05, 0.1) is 18.1 Å². The SMILES string of the molecule is O=C(N[C@H](CN1CCCC1)[C@H](O)c1ccc(OC2CC2)c(F)c1)C1CCN(c2ccc(F)cc2)C1. The lowest BCUT2D eigenvalue weighted by Gasteiger charge is -2.30. The predicted molar refractivity (Wildman–Crippen MR) is 129 cm³/mol. The minimum absolute atomic E-state index is 0.0864. The number of anilines is 1. The molecule has 2 aliphatic heterocycles. The van der Waals surface area contributed by atoms with Crippen molar-refractivity contribution in [2.24, 2.45) is 5.92 Å². The Morgan fingerprint density at radius 1 is 1.06 bits per heavy atom. The number of carbonyl (C=O) groups excluding carboxylic acids is 1. The molecule has 2 N–H and O–H groups in total. The van der Waals surface area contributed by atoms with Gasteiger partial charge in [-0.1, -0.05) is 6.07 Å². The first-order chi connectivity index (χ1) is 17.0. The van der Waals surface area contributed by atoms with Crippen LogP contribution in [0.2, 0.25) is 0 Å². The summed E-state index contributed by atoms with van der Waals surface area (Å²) < 4.78 is 33.5. The quantitative estimate of drug-likeness (QED) is 0.568. The summed E-state index contributed by atoms with van der Waals surface area (Å²) in [7, 11) is 0. The van der Waals surface area contributed by atoms with Crippen molar-refractivity contribution in [1.29, 1.82) is 0 Å². The van der Waals surface area contributed by atoms with Crippen LogP contribution in [0.15, 0.2) is 42.5 Å². The van der Waals surface area contributed by atoms with Crippen LogP contribution >= 0.6 is 0 Å². The minimum Gasteiger partial charge on any atom is -0.487 e. The third-order valence-corrected chi connectivity index (χ3v) is 7.23. The van der Waals surface area contributed by atoms with Crippen LogP contribution < -0.4 is 15.0 Å². The van der Waals surface area contributed by atoms with Crippen LogP contribution in [-0.2, 0) is 4.79 Å². The summed E-state index contributed by atoms with van der Waals surface area (Å²) in [6.45, 7) is 3.58. The van der Waals surface area contributed by atoms with Gasteiger partial charge in [0.25, 0.3) is 0 Å². The molecule has 3 atom stereocenters. The van der Waals surface area contributed by atoms with Gasteiger partial charge in [0.2, 0.25) is 5.91 Å². The van der Waals surface area contributed by atoms with Crippen molar-refractivity contribution >= 4 is 11.6 Å². The molecule has 2 saturated heterocycles. The number of nitrogens with one attached hydrogen (secondary N) is 1. The molecule has 1 amide bonds. The molecule has 2 aromatic rings. The van der Waals surface area contributed by atoms with E-state index in [1.165, 1.54) is 18.2 Å². The Bertz CT molecular complexity index is 1020. The Hall–Kier alpha value is -2.71. The van der Waals surface area contributed by atoms with Gasteiger partial charge < -0.3 is 25.0 Å². The summed E-state index contributed by atoms with van der Waals surface area (Å²) in [6, 6.07) is 10.3. The first-order valence-corrected chi connectivity index (χ1v) is 12.6. The zero-order valence-corrected chi connectivity index (χ0v) is 19.8. The van der Waals surface area contributed by atoms with Crippen molar-refractivity contribution in [3.63, 3.8) is 0 Å². The summed E-state index contributed by atoms with van der Waals surface area (Å²) in [5.74, 6) is -0.934. The number of hydrogen-bond acceptors (Lipinski definition) is 5. The average molecular weight is 486 g/mol. The molecule has 3 fully saturated rings. The number of benzene rings is 2. The lowest BCUT2D eigenvalue weighted by Crippen LogP contribution is -2.48. The van der Waals surface area contributed by atoms with Crippen LogP contribution in [-0.4, -0.2) is 60.8 Å². The van der Waals surface area contributed by atoms with Crippen molar-refractivity contribution in [2.75, 3.05) is 37.6 Å². The Labute approximate surface area is 204 Å². The van der Waals surface area contributed by atoms with E-state index in [1.807, 2.05) is 0 Å². The molecular formula is C27H33F2N3O3. The molecule has 188 valence electrons. The van der Waals surface area contributed by atoms with E-state index >= 15 is 0 Å². The van der Waals surface area contributed by atoms with Crippen LogP contribution in [0.4, 0.5) is 14.5 Å². The number of halogens is 2. The summed E-state index contributed by atoms with van der Waals surface area (Å²) >= 11 is 0. The number of likely N-dealkylation sites (tertiary alicyclic amines) is 1. The lowest BCUT2D eigenvalue weighted by atomic mass is 9.99. The molecule has 1 aliphatic carbocycles. The van der Waals surface area contributed by atoms with Gasteiger partial charge >= 0.3 is 0 Å². The van der Waals surface area contributed by atoms with Crippen molar-refractivity contribution in [3.05, 3.63) is 59.7 Å². The molecule has 1 saturated carbocycles. The number of hydrogen-bond donors (Lipinski definition) is 2. The number of aliphatic hydroxyl groups excluding tert-OH is 1. The third-order valence-electron chi connectivity index (χ3n) is 7.23. The monoisotopic (exact) mass is 485 g/mol. The first kappa shape index (κ1) is 24.0. The average Bonchev–Trinajstić information content (AvgIpc) is 3.30. The van der Waals surface area contributed by atoms with Gasteiger partial charge in [0.15, 0.2) is 11.6 Å². The highest BCUT2D eigenvalue weighted by Gasteiger charge is 2.33. The third kappa shape index (κ3) is 5.93. The summed E-state index contributed by atoms with van der Waals surface area (Å²) in [5.41, 5.74) is 1.31. The Kier molecular flexibility index (Phi) is 7.20. The molecule has 3 aliphatic rings. The van der Waals surface area contributed by atoms with E-state index < -0.39 is 18.0 Å². The standard InChI is InChI=1S/C27H33F2N3O3/c28-20-4-6-21(7-5-20)32-14-11-19(16-32)27(34)30-24(17-31-12-1-2-13-31)26(33)18-3-10-25(23(29)15-18)35-22-8-9-22/h3-7,10,15,19,22,24,26,33H,1-2,8-9,11-14,16-17H2,(H,30,34)/t19?,24-,26-/m1/s1. The van der Waals surface area contributed by atoms with Crippen LogP contribution in [0.25, 0.3) is 0 Å². The van der Waals surface area contributed by atoms with Gasteiger partial charge in [-0.3, -0.25) is 4.79 Å². The van der Waals surface area contributed by atoms with Gasteiger partial charge in [0.1, 0.15) is 11.9 Å². The Morgan fingerprint density at radius 3 is 2.49 bits per heavy atom. The maximum absolute atomic E-state index is 14.6. The van der Waals surface area contributed by atoms with Gasteiger partial charge in [-0.25, -0.2) is 8.78 Å². The second-order valence-electron chi connectivity index (χ2n) is 9.98. The zero-order valence-electron chi connectivity index (χ0n) is 19.8. The summed E-state index contributed by atoms with van der Waals surface area (Å²) in [5, 5.41) is 14.3. The molecule has 5 rings (SSSR count). The van der Waals surface area contributed by atoms with Crippen molar-refractivity contribution < 1.29 is 23.4 Å². The molecule has 2 aromatic carbocycles. The topological polar surface area (TPSA) is 65.0 Å². The molecule has 8 heteroatoms.